The highest BCUT2D eigenvalue weighted by molar-refractivity contribution is 14.1. The number of aliphatic hydroxyl groups is 1. The third kappa shape index (κ3) is 1.79. The Labute approximate surface area is 129 Å². The van der Waals surface area contributed by atoms with Crippen molar-refractivity contribution in [2.24, 2.45) is 0 Å². The molecule has 1 aromatic heterocycles. The van der Waals surface area contributed by atoms with Gasteiger partial charge in [0.05, 0.1) is 12.7 Å². The summed E-state index contributed by atoms with van der Waals surface area (Å²) in [4.78, 5) is 16.3. The number of rotatable bonds is 2. The van der Waals surface area contributed by atoms with Crippen LogP contribution in [0.25, 0.3) is 0 Å². The lowest BCUT2D eigenvalue weighted by atomic mass is 9.88. The molecule has 2 aromatic rings. The average Bonchev–Trinajstić information content (AvgIpc) is 2.72. The van der Waals surface area contributed by atoms with Crippen LogP contribution in [-0.4, -0.2) is 23.1 Å². The van der Waals surface area contributed by atoms with Crippen LogP contribution in [0.5, 0.6) is 5.88 Å². The molecule has 0 radical (unpaired) electrons. The summed E-state index contributed by atoms with van der Waals surface area (Å²) in [5.74, 6) is -0.266. The lowest BCUT2D eigenvalue weighted by Gasteiger charge is -2.22. The summed E-state index contributed by atoms with van der Waals surface area (Å²) in [6, 6.07) is 8.72. The van der Waals surface area contributed by atoms with Gasteiger partial charge in [0.25, 0.3) is 5.91 Å². The molecule has 2 heterocycles. The van der Waals surface area contributed by atoms with Crippen molar-refractivity contribution in [1.82, 2.24) is 4.98 Å². The molecule has 6 heteroatoms. The number of nitrogens with zero attached hydrogens (tertiary/aromatic N) is 1. The molecule has 1 aliphatic heterocycles. The summed E-state index contributed by atoms with van der Waals surface area (Å²) in [6.07, 6.45) is 1.55. The van der Waals surface area contributed by atoms with Crippen LogP contribution < -0.4 is 10.1 Å². The molecule has 20 heavy (non-hydrogen) atoms. The van der Waals surface area contributed by atoms with E-state index in [1.54, 1.807) is 30.5 Å². The first-order chi connectivity index (χ1) is 9.57. The molecule has 0 fully saturated rings. The van der Waals surface area contributed by atoms with Crippen molar-refractivity contribution in [1.29, 1.82) is 0 Å². The Morgan fingerprint density at radius 2 is 2.15 bits per heavy atom. The zero-order valence-electron chi connectivity index (χ0n) is 10.6. The number of hydrogen-bond donors (Lipinski definition) is 2. The number of anilines is 1. The monoisotopic (exact) mass is 382 g/mol. The second-order valence-corrected chi connectivity index (χ2v) is 5.66. The van der Waals surface area contributed by atoms with Crippen molar-refractivity contribution < 1.29 is 14.6 Å². The summed E-state index contributed by atoms with van der Waals surface area (Å²) in [5.41, 5.74) is -0.332. The van der Waals surface area contributed by atoms with Gasteiger partial charge in [0.2, 0.25) is 11.5 Å². The maximum atomic E-state index is 12.3. The van der Waals surface area contributed by atoms with Crippen LogP contribution in [0.4, 0.5) is 5.69 Å². The maximum Gasteiger partial charge on any atom is 0.266 e. The van der Waals surface area contributed by atoms with E-state index < -0.39 is 11.5 Å². The van der Waals surface area contributed by atoms with E-state index in [0.29, 0.717) is 16.8 Å². The highest BCUT2D eigenvalue weighted by Gasteiger charge is 2.49. The van der Waals surface area contributed by atoms with Gasteiger partial charge in [-0.2, -0.15) is 0 Å². The van der Waals surface area contributed by atoms with Gasteiger partial charge in [-0.05, 0) is 52.9 Å². The minimum absolute atomic E-state index is 0.233. The van der Waals surface area contributed by atoms with Crippen molar-refractivity contribution in [2.45, 2.75) is 5.60 Å². The number of pyridine rings is 1. The Balaban J connectivity index is 2.27. The van der Waals surface area contributed by atoms with E-state index in [-0.39, 0.29) is 5.88 Å². The average molecular weight is 382 g/mol. The van der Waals surface area contributed by atoms with Crippen LogP contribution in [0.2, 0.25) is 0 Å². The lowest BCUT2D eigenvalue weighted by molar-refractivity contribution is -0.129. The Bertz CT molecular complexity index is 705. The van der Waals surface area contributed by atoms with Gasteiger partial charge >= 0.3 is 0 Å². The van der Waals surface area contributed by atoms with Gasteiger partial charge in [-0.3, -0.25) is 4.79 Å². The highest BCUT2D eigenvalue weighted by Crippen LogP contribution is 2.43. The second kappa shape index (κ2) is 4.71. The lowest BCUT2D eigenvalue weighted by Crippen LogP contribution is -2.36. The van der Waals surface area contributed by atoms with E-state index in [9.17, 15) is 9.90 Å². The number of nitrogens with one attached hydrogen (secondary N) is 1. The number of fused-ring (bicyclic) bond motifs is 1. The number of halogens is 1. The third-order valence-electron chi connectivity index (χ3n) is 3.30. The number of methoxy groups -OCH3 is 1. The highest BCUT2D eigenvalue weighted by atomic mass is 127. The molecule has 2 N–H and O–H groups in total. The number of amides is 1. The van der Waals surface area contributed by atoms with Gasteiger partial charge in [0.15, 0.2) is 0 Å². The van der Waals surface area contributed by atoms with Crippen molar-refractivity contribution in [3.8, 4) is 5.88 Å². The van der Waals surface area contributed by atoms with Crippen LogP contribution in [0.1, 0.15) is 11.1 Å². The normalized spacial score (nSPS) is 20.4. The minimum atomic E-state index is -1.78. The predicted molar refractivity (Wildman–Crippen MR) is 81.6 cm³/mol. The first-order valence-electron chi connectivity index (χ1n) is 5.90. The van der Waals surface area contributed by atoms with E-state index >= 15 is 0 Å². The largest absolute Gasteiger partial charge is 0.481 e. The molecule has 0 bridgehead atoms. The number of hydrogen-bond acceptors (Lipinski definition) is 4. The first kappa shape index (κ1) is 13.3. The van der Waals surface area contributed by atoms with Gasteiger partial charge in [0.1, 0.15) is 0 Å². The number of carbonyl (C=O) groups excluding carboxylic acids is 1. The molecule has 1 aliphatic rings. The quantitative estimate of drug-likeness (QED) is 0.779. The van der Waals surface area contributed by atoms with Crippen molar-refractivity contribution in [3.63, 3.8) is 0 Å². The van der Waals surface area contributed by atoms with Crippen molar-refractivity contribution in [2.75, 3.05) is 12.4 Å². The van der Waals surface area contributed by atoms with Gasteiger partial charge in [-0.25, -0.2) is 4.98 Å². The van der Waals surface area contributed by atoms with Crippen LogP contribution in [0.15, 0.2) is 36.5 Å². The Morgan fingerprint density at radius 3 is 2.90 bits per heavy atom. The van der Waals surface area contributed by atoms with E-state index in [1.165, 1.54) is 7.11 Å². The molecule has 102 valence electrons. The fraction of sp³-hybridized carbons (Fsp3) is 0.143. The van der Waals surface area contributed by atoms with Crippen LogP contribution in [0.3, 0.4) is 0 Å². The molecule has 1 aromatic carbocycles. The summed E-state index contributed by atoms with van der Waals surface area (Å²) < 4.78 is 6.09. The summed E-state index contributed by atoms with van der Waals surface area (Å²) in [7, 11) is 1.46. The molecular formula is C14H11IN2O3. The molecule has 3 rings (SSSR count). The zero-order chi connectivity index (χ0) is 14.3. The predicted octanol–water partition coefficient (Wildman–Crippen LogP) is 1.88. The summed E-state index contributed by atoms with van der Waals surface area (Å²) in [6.45, 7) is 0. The topological polar surface area (TPSA) is 71.5 Å². The van der Waals surface area contributed by atoms with Gasteiger partial charge < -0.3 is 15.2 Å². The molecule has 1 atom stereocenters. The van der Waals surface area contributed by atoms with Crippen LogP contribution >= 0.6 is 22.6 Å². The minimum Gasteiger partial charge on any atom is -0.481 e. The molecule has 0 aliphatic carbocycles. The Kier molecular flexibility index (Phi) is 3.14. The second-order valence-electron chi connectivity index (χ2n) is 4.41. The van der Waals surface area contributed by atoms with Crippen molar-refractivity contribution in [3.05, 3.63) is 51.2 Å². The Morgan fingerprint density at radius 1 is 1.35 bits per heavy atom. The number of carbonyl (C=O) groups is 1. The van der Waals surface area contributed by atoms with E-state index in [2.05, 4.69) is 32.9 Å². The first-order valence-corrected chi connectivity index (χ1v) is 6.98. The molecule has 0 saturated carbocycles. The number of benzene rings is 1. The molecule has 1 amide bonds. The van der Waals surface area contributed by atoms with E-state index in [0.717, 1.165) is 3.57 Å². The molecule has 5 nitrogen and oxygen atoms in total. The van der Waals surface area contributed by atoms with E-state index in [4.69, 9.17) is 4.74 Å². The fourth-order valence-corrected chi connectivity index (χ4v) is 2.85. The third-order valence-corrected chi connectivity index (χ3v) is 3.97. The number of aromatic nitrogens is 1. The standard InChI is InChI=1S/C14H11IN2O3/c1-20-12-9(3-2-6-16-12)14(19)10-7-8(15)4-5-11(10)17-13(14)18/h2-7,19H,1H3,(H,17,18). The van der Waals surface area contributed by atoms with Gasteiger partial charge in [-0.1, -0.05) is 0 Å². The Hall–Kier alpha value is -1.67. The summed E-state index contributed by atoms with van der Waals surface area (Å²) >= 11 is 2.14. The summed E-state index contributed by atoms with van der Waals surface area (Å²) in [5, 5.41) is 13.7. The zero-order valence-corrected chi connectivity index (χ0v) is 12.7. The van der Waals surface area contributed by atoms with Crippen molar-refractivity contribution >= 4 is 34.2 Å². The fourth-order valence-electron chi connectivity index (χ4n) is 2.36. The molecule has 1 unspecified atom stereocenters. The molecule has 0 spiro atoms. The smallest absolute Gasteiger partial charge is 0.266 e. The SMILES string of the molecule is COc1ncccc1C1(O)C(=O)Nc2ccc(I)cc21. The van der Waals surface area contributed by atoms with Crippen LogP contribution in [-0.2, 0) is 10.4 Å². The molecule has 0 saturated heterocycles. The van der Waals surface area contributed by atoms with Gasteiger partial charge in [0, 0.05) is 21.0 Å². The maximum absolute atomic E-state index is 12.3. The van der Waals surface area contributed by atoms with Crippen LogP contribution in [0, 0.1) is 3.57 Å². The number of ether oxygens (including phenoxy) is 1. The van der Waals surface area contributed by atoms with E-state index in [1.807, 2.05) is 6.07 Å². The molecular weight excluding hydrogens is 371 g/mol. The van der Waals surface area contributed by atoms with Gasteiger partial charge in [-0.15, -0.1) is 0 Å².